The van der Waals surface area contributed by atoms with E-state index in [2.05, 4.69) is 39.9 Å². The maximum atomic E-state index is 13.0. The minimum atomic E-state index is -0.189. The summed E-state index contributed by atoms with van der Waals surface area (Å²) in [5.41, 5.74) is 1.15. The van der Waals surface area contributed by atoms with Crippen LogP contribution < -0.4 is 0 Å². The molecule has 1 aromatic heterocycles. The van der Waals surface area contributed by atoms with E-state index in [-0.39, 0.29) is 5.82 Å². The molecule has 0 spiro atoms. The Balaban J connectivity index is 2.02. The molecule has 1 aromatic carbocycles. The first-order valence-electron chi connectivity index (χ1n) is 7.25. The van der Waals surface area contributed by atoms with Gasteiger partial charge in [-0.15, -0.1) is 0 Å². The number of benzene rings is 1. The number of alkyl halides is 1. The smallest absolute Gasteiger partial charge is 0.138 e. The van der Waals surface area contributed by atoms with E-state index in [0.29, 0.717) is 11.8 Å². The van der Waals surface area contributed by atoms with Gasteiger partial charge in [0.15, 0.2) is 0 Å². The first-order chi connectivity index (χ1) is 10.1. The molecule has 0 amide bonds. The monoisotopic (exact) mass is 353 g/mol. The molecular weight excluding hydrogens is 333 g/mol. The second-order valence-corrected chi connectivity index (χ2v) is 6.45. The number of hydrogen-bond donors (Lipinski definition) is 0. The van der Waals surface area contributed by atoms with E-state index in [0.717, 1.165) is 36.1 Å². The summed E-state index contributed by atoms with van der Waals surface area (Å²) in [6.07, 6.45) is 3.40. The van der Waals surface area contributed by atoms with E-state index in [1.165, 1.54) is 12.1 Å². The topological polar surface area (TPSA) is 30.7 Å². The van der Waals surface area contributed by atoms with Gasteiger partial charge in [-0.3, -0.25) is 0 Å². The first-order valence-corrected chi connectivity index (χ1v) is 8.37. The minimum absolute atomic E-state index is 0.189. The van der Waals surface area contributed by atoms with Crippen molar-refractivity contribution < 1.29 is 4.39 Å². The van der Waals surface area contributed by atoms with Crippen molar-refractivity contribution in [1.29, 1.82) is 0 Å². The molecule has 0 radical (unpaired) electrons. The maximum Gasteiger partial charge on any atom is 0.138 e. The normalized spacial score (nSPS) is 12.8. The summed E-state index contributed by atoms with van der Waals surface area (Å²) in [6.45, 7) is 5.23. The molecule has 1 atom stereocenters. The molecule has 0 fully saturated rings. The summed E-state index contributed by atoms with van der Waals surface area (Å²) in [4.78, 5) is 4.38. The van der Waals surface area contributed by atoms with Crippen molar-refractivity contribution >= 4 is 15.9 Å². The third-order valence-electron chi connectivity index (χ3n) is 3.36. The lowest BCUT2D eigenvalue weighted by Crippen LogP contribution is -2.16. The van der Waals surface area contributed by atoms with Gasteiger partial charge in [0.05, 0.1) is 0 Å². The molecule has 0 bridgehead atoms. The van der Waals surface area contributed by atoms with E-state index in [1.807, 2.05) is 16.8 Å². The van der Waals surface area contributed by atoms with E-state index >= 15 is 0 Å². The fraction of sp³-hybridized carbons (Fsp3) is 0.500. The number of halogens is 2. The van der Waals surface area contributed by atoms with E-state index in [4.69, 9.17) is 0 Å². The Morgan fingerprint density at radius 1 is 1.19 bits per heavy atom. The fourth-order valence-electron chi connectivity index (χ4n) is 2.34. The molecule has 0 N–H and O–H groups in total. The van der Waals surface area contributed by atoms with Crippen LogP contribution in [0.1, 0.15) is 25.2 Å². The van der Waals surface area contributed by atoms with Crippen molar-refractivity contribution in [2.45, 2.75) is 33.2 Å². The predicted molar refractivity (Wildman–Crippen MR) is 86.0 cm³/mol. The van der Waals surface area contributed by atoms with Crippen LogP contribution in [0.25, 0.3) is 0 Å². The van der Waals surface area contributed by atoms with Crippen LogP contribution in [0.15, 0.2) is 30.6 Å². The van der Waals surface area contributed by atoms with Crippen LogP contribution in [0, 0.1) is 17.7 Å². The second kappa shape index (κ2) is 7.69. The Hall–Kier alpha value is -1.23. The number of aromatic nitrogens is 3. The Labute approximate surface area is 133 Å². The summed E-state index contributed by atoms with van der Waals surface area (Å²) in [5, 5.41) is 5.19. The van der Waals surface area contributed by atoms with Crippen molar-refractivity contribution in [1.82, 2.24) is 14.8 Å². The van der Waals surface area contributed by atoms with E-state index in [1.54, 1.807) is 6.33 Å². The summed E-state index contributed by atoms with van der Waals surface area (Å²) >= 11 is 3.58. The molecule has 21 heavy (non-hydrogen) atoms. The molecule has 5 heteroatoms. The second-order valence-electron chi connectivity index (χ2n) is 5.81. The Bertz CT molecular complexity index is 551. The minimum Gasteiger partial charge on any atom is -0.250 e. The van der Waals surface area contributed by atoms with Crippen molar-refractivity contribution in [3.05, 3.63) is 47.8 Å². The Morgan fingerprint density at radius 2 is 1.90 bits per heavy atom. The number of hydrogen-bond acceptors (Lipinski definition) is 2. The molecule has 2 rings (SSSR count). The van der Waals surface area contributed by atoms with Crippen molar-refractivity contribution in [2.24, 2.45) is 11.8 Å². The van der Waals surface area contributed by atoms with Gasteiger partial charge in [-0.25, -0.2) is 14.1 Å². The van der Waals surface area contributed by atoms with Crippen LogP contribution in [0.2, 0.25) is 0 Å². The van der Waals surface area contributed by atoms with Crippen LogP contribution in [-0.4, -0.2) is 20.1 Å². The van der Waals surface area contributed by atoms with Gasteiger partial charge in [-0.2, -0.15) is 5.10 Å². The summed E-state index contributed by atoms with van der Waals surface area (Å²) < 4.78 is 14.9. The van der Waals surface area contributed by atoms with Gasteiger partial charge >= 0.3 is 0 Å². The van der Waals surface area contributed by atoms with Crippen molar-refractivity contribution in [3.63, 3.8) is 0 Å². The lowest BCUT2D eigenvalue weighted by molar-refractivity contribution is 0.448. The lowest BCUT2D eigenvalue weighted by atomic mass is 9.97. The average Bonchev–Trinajstić information content (AvgIpc) is 2.87. The highest BCUT2D eigenvalue weighted by Crippen LogP contribution is 2.17. The highest BCUT2D eigenvalue weighted by Gasteiger charge is 2.14. The van der Waals surface area contributed by atoms with Gasteiger partial charge in [0.2, 0.25) is 0 Å². The van der Waals surface area contributed by atoms with Gasteiger partial charge < -0.3 is 0 Å². The highest BCUT2D eigenvalue weighted by atomic mass is 79.9. The SMILES string of the molecule is CC(C)Cn1ncnc1CC(CBr)Cc1ccc(F)cc1. The molecule has 1 unspecified atom stereocenters. The number of rotatable bonds is 7. The van der Waals surface area contributed by atoms with Crippen LogP contribution in [0.3, 0.4) is 0 Å². The van der Waals surface area contributed by atoms with Crippen molar-refractivity contribution in [3.8, 4) is 0 Å². The molecule has 0 aliphatic carbocycles. The molecule has 3 nitrogen and oxygen atoms in total. The van der Waals surface area contributed by atoms with Gasteiger partial charge in [-0.1, -0.05) is 41.9 Å². The van der Waals surface area contributed by atoms with E-state index < -0.39 is 0 Å². The van der Waals surface area contributed by atoms with Crippen LogP contribution in [0.5, 0.6) is 0 Å². The zero-order valence-corrected chi connectivity index (χ0v) is 14.1. The zero-order chi connectivity index (χ0) is 15.2. The third-order valence-corrected chi connectivity index (χ3v) is 4.28. The standard InChI is InChI=1S/C16H21BrFN3/c1-12(2)10-21-16(19-11-20-21)8-14(9-17)7-13-3-5-15(18)6-4-13/h3-6,11-12,14H,7-10H2,1-2H3. The van der Waals surface area contributed by atoms with Gasteiger partial charge in [0.25, 0.3) is 0 Å². The molecule has 0 aliphatic heterocycles. The quantitative estimate of drug-likeness (QED) is 0.707. The molecule has 2 aromatic rings. The first kappa shape index (κ1) is 16.1. The lowest BCUT2D eigenvalue weighted by Gasteiger charge is -2.15. The summed E-state index contributed by atoms with van der Waals surface area (Å²) in [7, 11) is 0. The van der Waals surface area contributed by atoms with Gasteiger partial charge in [0, 0.05) is 18.3 Å². The molecule has 1 heterocycles. The van der Waals surface area contributed by atoms with E-state index in [9.17, 15) is 4.39 Å². The van der Waals surface area contributed by atoms with Gasteiger partial charge in [0.1, 0.15) is 18.0 Å². The Kier molecular flexibility index (Phi) is 5.91. The molecule has 0 saturated carbocycles. The fourth-order valence-corrected chi connectivity index (χ4v) is 2.80. The average molecular weight is 354 g/mol. The van der Waals surface area contributed by atoms with Crippen molar-refractivity contribution in [2.75, 3.05) is 5.33 Å². The maximum absolute atomic E-state index is 13.0. The van der Waals surface area contributed by atoms with Gasteiger partial charge in [-0.05, 0) is 36.0 Å². The summed E-state index contributed by atoms with van der Waals surface area (Å²) in [6, 6.07) is 6.73. The van der Waals surface area contributed by atoms with Crippen LogP contribution >= 0.6 is 15.9 Å². The zero-order valence-electron chi connectivity index (χ0n) is 12.5. The van der Waals surface area contributed by atoms with Crippen LogP contribution in [0.4, 0.5) is 4.39 Å². The molecule has 0 aliphatic rings. The molecular formula is C16H21BrFN3. The summed E-state index contributed by atoms with van der Waals surface area (Å²) in [5.74, 6) is 1.80. The van der Waals surface area contributed by atoms with Crippen LogP contribution in [-0.2, 0) is 19.4 Å². The molecule has 0 saturated heterocycles. The highest BCUT2D eigenvalue weighted by molar-refractivity contribution is 9.09. The predicted octanol–water partition coefficient (Wildman–Crippen LogP) is 3.87. The Morgan fingerprint density at radius 3 is 2.52 bits per heavy atom. The molecule has 114 valence electrons. The third kappa shape index (κ3) is 4.92. The largest absolute Gasteiger partial charge is 0.250 e. The number of nitrogens with zero attached hydrogens (tertiary/aromatic N) is 3.